The van der Waals surface area contributed by atoms with Gasteiger partial charge in [-0.1, -0.05) is 6.92 Å². The van der Waals surface area contributed by atoms with E-state index in [1.807, 2.05) is 6.92 Å². The largest absolute Gasteiger partial charge is 0.304 e. The molecule has 1 fully saturated rings. The van der Waals surface area contributed by atoms with Crippen LogP contribution in [0.25, 0.3) is 0 Å². The van der Waals surface area contributed by atoms with Crippen molar-refractivity contribution in [3.8, 4) is 0 Å². The van der Waals surface area contributed by atoms with Gasteiger partial charge in [0.1, 0.15) is 0 Å². The fraction of sp³-hybridized carbons (Fsp3) is 1.00. The van der Waals surface area contributed by atoms with Crippen molar-refractivity contribution < 1.29 is 4.84 Å². The van der Waals surface area contributed by atoms with Crippen LogP contribution in [-0.4, -0.2) is 37.2 Å². The second-order valence-electron chi connectivity index (χ2n) is 4.11. The first kappa shape index (κ1) is 12.0. The highest BCUT2D eigenvalue weighted by Crippen LogP contribution is 2.20. The Bertz CT molecular complexity index is 144. The summed E-state index contributed by atoms with van der Waals surface area (Å²) in [6.07, 6.45) is 2.60. The molecule has 1 unspecified atom stereocenters. The first-order valence-electron chi connectivity index (χ1n) is 5.87. The van der Waals surface area contributed by atoms with Crippen LogP contribution in [0.3, 0.4) is 0 Å². The molecule has 0 bridgehead atoms. The number of rotatable bonds is 5. The fourth-order valence-electron chi connectivity index (χ4n) is 2.08. The van der Waals surface area contributed by atoms with E-state index in [-0.39, 0.29) is 0 Å². The minimum absolute atomic E-state index is 0.494. The van der Waals surface area contributed by atoms with Crippen LogP contribution in [0.5, 0.6) is 0 Å². The summed E-state index contributed by atoms with van der Waals surface area (Å²) in [6.45, 7) is 10.9. The van der Waals surface area contributed by atoms with E-state index in [2.05, 4.69) is 24.2 Å². The minimum atomic E-state index is 0.494. The Labute approximate surface area is 87.8 Å². The van der Waals surface area contributed by atoms with Crippen LogP contribution in [-0.2, 0) is 4.84 Å². The van der Waals surface area contributed by atoms with Gasteiger partial charge in [-0.15, -0.1) is 0 Å². The van der Waals surface area contributed by atoms with E-state index >= 15 is 0 Å². The second kappa shape index (κ2) is 6.38. The van der Waals surface area contributed by atoms with Gasteiger partial charge in [-0.3, -0.25) is 0 Å². The number of nitrogens with zero attached hydrogens (tertiary/aromatic N) is 1. The molecule has 1 aliphatic rings. The number of hydroxylamine groups is 1. The highest BCUT2D eigenvalue weighted by Gasteiger charge is 2.22. The van der Waals surface area contributed by atoms with Crippen molar-refractivity contribution in [2.75, 3.05) is 26.2 Å². The smallest absolute Gasteiger partial charge is 0.0654 e. The van der Waals surface area contributed by atoms with Gasteiger partial charge < -0.3 is 9.74 Å². The third kappa shape index (κ3) is 3.56. The van der Waals surface area contributed by atoms with Crippen LogP contribution in [0.1, 0.15) is 33.6 Å². The Morgan fingerprint density at radius 3 is 2.50 bits per heavy atom. The van der Waals surface area contributed by atoms with Crippen molar-refractivity contribution in [1.82, 2.24) is 10.4 Å². The average molecular weight is 200 g/mol. The van der Waals surface area contributed by atoms with Gasteiger partial charge in [0.05, 0.1) is 6.61 Å². The molecule has 3 heteroatoms. The molecule has 1 aliphatic heterocycles. The summed E-state index contributed by atoms with van der Waals surface area (Å²) in [5.41, 5.74) is 3.12. The summed E-state index contributed by atoms with van der Waals surface area (Å²) in [7, 11) is 0. The quantitative estimate of drug-likeness (QED) is 0.683. The number of hydrogen-bond donors (Lipinski definition) is 1. The molecule has 84 valence electrons. The highest BCUT2D eigenvalue weighted by molar-refractivity contribution is 4.77. The van der Waals surface area contributed by atoms with Crippen molar-refractivity contribution in [3.63, 3.8) is 0 Å². The molecule has 3 nitrogen and oxygen atoms in total. The first-order chi connectivity index (χ1) is 6.77. The predicted octanol–water partition coefficient (Wildman–Crippen LogP) is 1.65. The van der Waals surface area contributed by atoms with E-state index in [0.717, 1.165) is 12.5 Å². The van der Waals surface area contributed by atoms with Gasteiger partial charge in [0.25, 0.3) is 0 Å². The van der Waals surface area contributed by atoms with E-state index in [1.54, 1.807) is 0 Å². The zero-order chi connectivity index (χ0) is 10.4. The maximum absolute atomic E-state index is 5.24. The maximum Gasteiger partial charge on any atom is 0.0654 e. The van der Waals surface area contributed by atoms with Gasteiger partial charge in [0.2, 0.25) is 0 Å². The molecule has 1 atom stereocenters. The van der Waals surface area contributed by atoms with Crippen molar-refractivity contribution in [3.05, 3.63) is 0 Å². The van der Waals surface area contributed by atoms with Crippen LogP contribution in [0.2, 0.25) is 0 Å². The standard InChI is InChI=1S/C11H24N2O/c1-4-13-8-6-11(7-9-13)10(3)12-14-5-2/h10-12H,4-9H2,1-3H3. The summed E-state index contributed by atoms with van der Waals surface area (Å²) >= 11 is 0. The molecule has 0 radical (unpaired) electrons. The Morgan fingerprint density at radius 1 is 1.36 bits per heavy atom. The zero-order valence-corrected chi connectivity index (χ0v) is 9.75. The molecule has 0 amide bonds. The van der Waals surface area contributed by atoms with E-state index in [0.29, 0.717) is 6.04 Å². The number of piperidine rings is 1. The van der Waals surface area contributed by atoms with Crippen molar-refractivity contribution >= 4 is 0 Å². The minimum Gasteiger partial charge on any atom is -0.304 e. The SMILES string of the molecule is CCONC(C)C1CCN(CC)CC1. The molecular weight excluding hydrogens is 176 g/mol. The third-order valence-electron chi connectivity index (χ3n) is 3.20. The zero-order valence-electron chi connectivity index (χ0n) is 9.75. The summed E-state index contributed by atoms with van der Waals surface area (Å²) in [5, 5.41) is 0. The van der Waals surface area contributed by atoms with E-state index < -0.39 is 0 Å². The van der Waals surface area contributed by atoms with Crippen LogP contribution >= 0.6 is 0 Å². The lowest BCUT2D eigenvalue weighted by Gasteiger charge is -2.34. The van der Waals surface area contributed by atoms with Gasteiger partial charge in [0, 0.05) is 6.04 Å². The molecule has 1 heterocycles. The fourth-order valence-corrected chi connectivity index (χ4v) is 2.08. The Kier molecular flexibility index (Phi) is 5.45. The van der Waals surface area contributed by atoms with Gasteiger partial charge >= 0.3 is 0 Å². The summed E-state index contributed by atoms with van der Waals surface area (Å²) in [5.74, 6) is 0.782. The summed E-state index contributed by atoms with van der Waals surface area (Å²) < 4.78 is 0. The van der Waals surface area contributed by atoms with Crippen LogP contribution < -0.4 is 5.48 Å². The summed E-state index contributed by atoms with van der Waals surface area (Å²) in [4.78, 5) is 7.76. The van der Waals surface area contributed by atoms with Gasteiger partial charge in [-0.2, -0.15) is 5.48 Å². The van der Waals surface area contributed by atoms with Gasteiger partial charge in [0.15, 0.2) is 0 Å². The second-order valence-corrected chi connectivity index (χ2v) is 4.11. The topological polar surface area (TPSA) is 24.5 Å². The van der Waals surface area contributed by atoms with Gasteiger partial charge in [-0.05, 0) is 52.2 Å². The lowest BCUT2D eigenvalue weighted by atomic mass is 9.91. The molecule has 0 spiro atoms. The van der Waals surface area contributed by atoms with Gasteiger partial charge in [-0.25, -0.2) is 0 Å². The molecular formula is C11H24N2O. The molecule has 0 aliphatic carbocycles. The van der Waals surface area contributed by atoms with Crippen molar-refractivity contribution in [2.45, 2.75) is 39.7 Å². The lowest BCUT2D eigenvalue weighted by molar-refractivity contribution is 0.00420. The first-order valence-corrected chi connectivity index (χ1v) is 5.87. The Morgan fingerprint density at radius 2 is 2.00 bits per heavy atom. The normalized spacial score (nSPS) is 22.5. The van der Waals surface area contributed by atoms with E-state index in [9.17, 15) is 0 Å². The van der Waals surface area contributed by atoms with Crippen LogP contribution in [0.4, 0.5) is 0 Å². The molecule has 0 saturated carbocycles. The van der Waals surface area contributed by atoms with Crippen LogP contribution in [0.15, 0.2) is 0 Å². The predicted molar refractivity (Wildman–Crippen MR) is 59.1 cm³/mol. The molecule has 0 aromatic rings. The number of nitrogens with one attached hydrogen (secondary N) is 1. The average Bonchev–Trinajstić information content (AvgIpc) is 2.26. The van der Waals surface area contributed by atoms with Crippen molar-refractivity contribution in [1.29, 1.82) is 0 Å². The molecule has 1 saturated heterocycles. The van der Waals surface area contributed by atoms with E-state index in [1.165, 1.54) is 32.5 Å². The van der Waals surface area contributed by atoms with Crippen molar-refractivity contribution in [2.24, 2.45) is 5.92 Å². The number of hydrogen-bond acceptors (Lipinski definition) is 3. The Hall–Kier alpha value is -0.120. The van der Waals surface area contributed by atoms with Crippen LogP contribution in [0, 0.1) is 5.92 Å². The molecule has 1 N–H and O–H groups in total. The molecule has 1 rings (SSSR count). The summed E-state index contributed by atoms with van der Waals surface area (Å²) in [6, 6.07) is 0.494. The van der Waals surface area contributed by atoms with E-state index in [4.69, 9.17) is 4.84 Å². The lowest BCUT2D eigenvalue weighted by Crippen LogP contribution is -2.41. The maximum atomic E-state index is 5.24. The monoisotopic (exact) mass is 200 g/mol. The third-order valence-corrected chi connectivity index (χ3v) is 3.20. The molecule has 0 aromatic carbocycles. The highest BCUT2D eigenvalue weighted by atomic mass is 16.6. The molecule has 0 aromatic heterocycles. The molecule has 14 heavy (non-hydrogen) atoms. The Balaban J connectivity index is 2.19. The number of likely N-dealkylation sites (tertiary alicyclic amines) is 1.